The summed E-state index contributed by atoms with van der Waals surface area (Å²) < 4.78 is 27.3. The fourth-order valence-electron chi connectivity index (χ4n) is 1.63. The van der Waals surface area contributed by atoms with Crippen molar-refractivity contribution in [2.75, 3.05) is 26.2 Å². The highest BCUT2D eigenvalue weighted by atomic mass is 32.2. The van der Waals surface area contributed by atoms with E-state index in [0.29, 0.717) is 19.6 Å². The van der Waals surface area contributed by atoms with Crippen LogP contribution in [0.25, 0.3) is 0 Å². The Hall–Kier alpha value is -0.170. The molecule has 0 aliphatic carbocycles. The van der Waals surface area contributed by atoms with E-state index in [-0.39, 0.29) is 6.61 Å². The third-order valence-corrected chi connectivity index (χ3v) is 4.14. The van der Waals surface area contributed by atoms with Gasteiger partial charge in [-0.05, 0) is 32.1 Å². The van der Waals surface area contributed by atoms with Crippen molar-refractivity contribution in [3.8, 4) is 0 Å². The second-order valence-electron chi connectivity index (χ2n) is 3.79. The molecule has 0 bridgehead atoms. The molecule has 0 unspecified atom stereocenters. The van der Waals surface area contributed by atoms with Gasteiger partial charge < -0.3 is 5.11 Å². The highest BCUT2D eigenvalue weighted by molar-refractivity contribution is 7.87. The van der Waals surface area contributed by atoms with Crippen LogP contribution in [0.15, 0.2) is 0 Å². The van der Waals surface area contributed by atoms with Gasteiger partial charge in [-0.1, -0.05) is 0 Å². The first-order valence-corrected chi connectivity index (χ1v) is 6.96. The Morgan fingerprint density at radius 3 is 2.40 bits per heavy atom. The lowest BCUT2D eigenvalue weighted by molar-refractivity contribution is 0.283. The number of aliphatic hydroxyl groups excluding tert-OH is 1. The molecule has 0 radical (unpaired) electrons. The number of nitrogens with zero attached hydrogens (tertiary/aromatic N) is 1. The predicted octanol–water partition coefficient (Wildman–Crippen LogP) is 0.0792. The molecule has 1 saturated heterocycles. The van der Waals surface area contributed by atoms with E-state index in [0.717, 1.165) is 32.1 Å². The van der Waals surface area contributed by atoms with E-state index in [9.17, 15) is 8.42 Å². The number of hydrogen-bond donors (Lipinski definition) is 2. The summed E-state index contributed by atoms with van der Waals surface area (Å²) in [5.41, 5.74) is 0. The van der Waals surface area contributed by atoms with Crippen molar-refractivity contribution in [1.29, 1.82) is 0 Å². The zero-order valence-electron chi connectivity index (χ0n) is 8.98. The molecular weight excluding hydrogens is 216 g/mol. The third kappa shape index (κ3) is 4.46. The topological polar surface area (TPSA) is 69.6 Å². The summed E-state index contributed by atoms with van der Waals surface area (Å²) in [6, 6.07) is 0. The molecule has 0 aromatic heterocycles. The lowest BCUT2D eigenvalue weighted by Crippen LogP contribution is -2.39. The molecule has 1 rings (SSSR count). The van der Waals surface area contributed by atoms with E-state index < -0.39 is 10.2 Å². The molecule has 2 N–H and O–H groups in total. The van der Waals surface area contributed by atoms with Crippen molar-refractivity contribution in [2.45, 2.75) is 32.1 Å². The van der Waals surface area contributed by atoms with Crippen molar-refractivity contribution in [1.82, 2.24) is 9.03 Å². The first-order chi connectivity index (χ1) is 7.17. The number of hydrogen-bond acceptors (Lipinski definition) is 3. The maximum atomic E-state index is 11.6. The van der Waals surface area contributed by atoms with Gasteiger partial charge in [0.1, 0.15) is 0 Å². The van der Waals surface area contributed by atoms with Crippen molar-refractivity contribution < 1.29 is 13.5 Å². The summed E-state index contributed by atoms with van der Waals surface area (Å²) in [6.45, 7) is 1.94. The van der Waals surface area contributed by atoms with E-state index in [1.165, 1.54) is 4.31 Å². The molecule has 0 atom stereocenters. The van der Waals surface area contributed by atoms with E-state index in [1.54, 1.807) is 0 Å². The third-order valence-electron chi connectivity index (χ3n) is 2.52. The lowest BCUT2D eigenvalue weighted by Gasteiger charge is -2.15. The summed E-state index contributed by atoms with van der Waals surface area (Å²) in [6.07, 6.45) is 4.31. The Morgan fingerprint density at radius 2 is 1.80 bits per heavy atom. The molecule has 0 spiro atoms. The fourth-order valence-corrected chi connectivity index (χ4v) is 2.96. The maximum absolute atomic E-state index is 11.6. The molecule has 0 saturated carbocycles. The van der Waals surface area contributed by atoms with Crippen molar-refractivity contribution in [2.24, 2.45) is 0 Å². The Labute approximate surface area is 91.7 Å². The van der Waals surface area contributed by atoms with Crippen LogP contribution in [0, 0.1) is 0 Å². The Bertz CT molecular complexity index is 261. The molecular formula is C9H20N2O3S. The van der Waals surface area contributed by atoms with Gasteiger partial charge in [-0.25, -0.2) is 4.72 Å². The zero-order chi connectivity index (χ0) is 11.1. The SMILES string of the molecule is O=S(=O)(NCCCCCO)N1CCCC1. The smallest absolute Gasteiger partial charge is 0.279 e. The predicted molar refractivity (Wildman–Crippen MR) is 58.7 cm³/mol. The second-order valence-corrected chi connectivity index (χ2v) is 5.55. The molecule has 0 amide bonds. The van der Waals surface area contributed by atoms with Crippen LogP contribution >= 0.6 is 0 Å². The fraction of sp³-hybridized carbons (Fsp3) is 1.00. The molecule has 1 aliphatic rings. The number of rotatable bonds is 7. The van der Waals surface area contributed by atoms with Gasteiger partial charge in [-0.3, -0.25) is 0 Å². The van der Waals surface area contributed by atoms with Gasteiger partial charge in [-0.15, -0.1) is 0 Å². The van der Waals surface area contributed by atoms with E-state index in [2.05, 4.69) is 4.72 Å². The van der Waals surface area contributed by atoms with Crippen LogP contribution in [-0.4, -0.2) is 44.1 Å². The molecule has 5 nitrogen and oxygen atoms in total. The number of nitrogens with one attached hydrogen (secondary N) is 1. The van der Waals surface area contributed by atoms with Gasteiger partial charge in [-0.2, -0.15) is 12.7 Å². The highest BCUT2D eigenvalue weighted by Gasteiger charge is 2.24. The largest absolute Gasteiger partial charge is 0.396 e. The van der Waals surface area contributed by atoms with Gasteiger partial charge in [0.05, 0.1) is 0 Å². The van der Waals surface area contributed by atoms with Crippen molar-refractivity contribution in [3.63, 3.8) is 0 Å². The molecule has 90 valence electrons. The molecule has 1 heterocycles. The van der Waals surface area contributed by atoms with Crippen LogP contribution in [0.4, 0.5) is 0 Å². The van der Waals surface area contributed by atoms with Crippen molar-refractivity contribution in [3.05, 3.63) is 0 Å². The first kappa shape index (κ1) is 12.9. The minimum Gasteiger partial charge on any atom is -0.396 e. The molecule has 0 aromatic rings. The van der Waals surface area contributed by atoms with Crippen LogP contribution < -0.4 is 4.72 Å². The lowest BCUT2D eigenvalue weighted by atomic mass is 10.2. The zero-order valence-corrected chi connectivity index (χ0v) is 9.80. The van der Waals surface area contributed by atoms with Crippen LogP contribution in [-0.2, 0) is 10.2 Å². The Morgan fingerprint density at radius 1 is 1.13 bits per heavy atom. The van der Waals surface area contributed by atoms with E-state index >= 15 is 0 Å². The molecule has 15 heavy (non-hydrogen) atoms. The average Bonchev–Trinajstić information content (AvgIpc) is 2.70. The molecule has 0 aromatic carbocycles. The molecule has 1 fully saturated rings. The standard InChI is InChI=1S/C9H20N2O3S/c12-9-5-1-2-6-10-15(13,14)11-7-3-4-8-11/h10,12H,1-9H2. The molecule has 1 aliphatic heterocycles. The summed E-state index contributed by atoms with van der Waals surface area (Å²) in [7, 11) is -3.23. The summed E-state index contributed by atoms with van der Waals surface area (Å²) in [5, 5.41) is 8.55. The van der Waals surface area contributed by atoms with Gasteiger partial charge in [0.2, 0.25) is 0 Å². The summed E-state index contributed by atoms with van der Waals surface area (Å²) >= 11 is 0. The summed E-state index contributed by atoms with van der Waals surface area (Å²) in [5.74, 6) is 0. The minimum atomic E-state index is -3.23. The average molecular weight is 236 g/mol. The van der Waals surface area contributed by atoms with Gasteiger partial charge >= 0.3 is 0 Å². The monoisotopic (exact) mass is 236 g/mol. The Kier molecular flexibility index (Phi) is 5.52. The van der Waals surface area contributed by atoms with Crippen LogP contribution in [0.1, 0.15) is 32.1 Å². The van der Waals surface area contributed by atoms with E-state index in [4.69, 9.17) is 5.11 Å². The van der Waals surface area contributed by atoms with Gasteiger partial charge in [0, 0.05) is 26.2 Å². The highest BCUT2D eigenvalue weighted by Crippen LogP contribution is 2.11. The van der Waals surface area contributed by atoms with Gasteiger partial charge in [0.25, 0.3) is 10.2 Å². The molecule has 6 heteroatoms. The maximum Gasteiger partial charge on any atom is 0.279 e. The van der Waals surface area contributed by atoms with Crippen LogP contribution in [0.2, 0.25) is 0 Å². The van der Waals surface area contributed by atoms with Crippen LogP contribution in [0.3, 0.4) is 0 Å². The first-order valence-electron chi connectivity index (χ1n) is 5.52. The summed E-state index contributed by atoms with van der Waals surface area (Å²) in [4.78, 5) is 0. The van der Waals surface area contributed by atoms with Gasteiger partial charge in [0.15, 0.2) is 0 Å². The minimum absolute atomic E-state index is 0.179. The number of unbranched alkanes of at least 4 members (excludes halogenated alkanes) is 2. The number of aliphatic hydroxyl groups is 1. The van der Waals surface area contributed by atoms with Crippen LogP contribution in [0.5, 0.6) is 0 Å². The second kappa shape index (κ2) is 6.42. The Balaban J connectivity index is 2.18. The normalized spacial score (nSPS) is 18.5. The van der Waals surface area contributed by atoms with Crippen molar-refractivity contribution >= 4 is 10.2 Å². The van der Waals surface area contributed by atoms with E-state index in [1.807, 2.05) is 0 Å². The quantitative estimate of drug-likeness (QED) is 0.615.